The average molecular weight is 492 g/mol. The first-order valence-corrected chi connectivity index (χ1v) is 12.0. The number of sulfonamides is 1. The molecule has 2 N–H and O–H groups in total. The van der Waals surface area contributed by atoms with Crippen LogP contribution in [0.2, 0.25) is 0 Å². The Morgan fingerprint density at radius 3 is 2.40 bits per heavy atom. The molecule has 0 fully saturated rings. The highest BCUT2D eigenvalue weighted by atomic mass is 79.9. The van der Waals surface area contributed by atoms with Gasteiger partial charge in [-0.25, -0.2) is 8.42 Å². The summed E-state index contributed by atoms with van der Waals surface area (Å²) in [4.78, 5) is 17.7. The number of aliphatic imine (C=N–C) groups is 1. The summed E-state index contributed by atoms with van der Waals surface area (Å²) in [5, 5.41) is 3.00. The molecule has 1 amide bonds. The maximum Gasteiger partial charge on any atom is 0.263 e. The van der Waals surface area contributed by atoms with Crippen molar-refractivity contribution < 1.29 is 13.2 Å². The molecule has 6 nitrogen and oxygen atoms in total. The zero-order chi connectivity index (χ0) is 22.1. The van der Waals surface area contributed by atoms with E-state index in [2.05, 4.69) is 44.8 Å². The summed E-state index contributed by atoms with van der Waals surface area (Å²) in [6.45, 7) is 8.35. The summed E-state index contributed by atoms with van der Waals surface area (Å²) in [6, 6.07) is 13.9. The third-order valence-corrected chi connectivity index (χ3v) is 7.09. The molecule has 3 rings (SSSR count). The van der Waals surface area contributed by atoms with Gasteiger partial charge in [-0.3, -0.25) is 14.5 Å². The number of amidine groups is 1. The Morgan fingerprint density at radius 1 is 1.13 bits per heavy atom. The van der Waals surface area contributed by atoms with Crippen LogP contribution in [-0.4, -0.2) is 32.7 Å². The smallest absolute Gasteiger partial charge is 0.263 e. The topological polar surface area (TPSA) is 87.6 Å². The van der Waals surface area contributed by atoms with Crippen molar-refractivity contribution in [2.24, 2.45) is 10.9 Å². The van der Waals surface area contributed by atoms with Gasteiger partial charge in [-0.15, -0.1) is 0 Å². The molecule has 0 saturated heterocycles. The molecule has 0 aromatic heterocycles. The number of hydrogen-bond donors (Lipinski definition) is 2. The molecule has 1 heterocycles. The van der Waals surface area contributed by atoms with Crippen molar-refractivity contribution in [3.63, 3.8) is 0 Å². The van der Waals surface area contributed by atoms with E-state index in [1.54, 1.807) is 18.2 Å². The van der Waals surface area contributed by atoms with Gasteiger partial charge >= 0.3 is 0 Å². The zero-order valence-electron chi connectivity index (χ0n) is 17.4. The fourth-order valence-corrected chi connectivity index (χ4v) is 4.80. The Hall–Kier alpha value is -2.19. The van der Waals surface area contributed by atoms with Crippen molar-refractivity contribution in [2.45, 2.75) is 44.0 Å². The van der Waals surface area contributed by atoms with Crippen LogP contribution in [0.5, 0.6) is 0 Å². The van der Waals surface area contributed by atoms with E-state index in [9.17, 15) is 13.2 Å². The second kappa shape index (κ2) is 8.51. The lowest BCUT2D eigenvalue weighted by atomic mass is 9.84. The van der Waals surface area contributed by atoms with Crippen LogP contribution in [0.15, 0.2) is 62.9 Å². The van der Waals surface area contributed by atoms with Crippen molar-refractivity contribution in [2.75, 3.05) is 6.54 Å². The number of nitrogens with zero attached hydrogens (tertiary/aromatic N) is 1. The summed E-state index contributed by atoms with van der Waals surface area (Å²) in [5.41, 5.74) is 1.33. The van der Waals surface area contributed by atoms with Crippen LogP contribution >= 0.6 is 15.9 Å². The van der Waals surface area contributed by atoms with Crippen molar-refractivity contribution in [1.29, 1.82) is 0 Å². The highest BCUT2D eigenvalue weighted by molar-refractivity contribution is 9.10. The number of benzene rings is 2. The number of nitrogens with one attached hydrogen (secondary N) is 2. The van der Waals surface area contributed by atoms with Crippen LogP contribution in [0, 0.1) is 5.92 Å². The maximum absolute atomic E-state index is 13.0. The highest BCUT2D eigenvalue weighted by Gasteiger charge is 2.33. The predicted molar refractivity (Wildman–Crippen MR) is 122 cm³/mol. The molecule has 160 valence electrons. The Balaban J connectivity index is 1.80. The summed E-state index contributed by atoms with van der Waals surface area (Å²) in [5.74, 6) is -0.122. The van der Waals surface area contributed by atoms with Gasteiger partial charge in [0.2, 0.25) is 5.91 Å². The van der Waals surface area contributed by atoms with Crippen LogP contribution in [0.4, 0.5) is 0 Å². The fourth-order valence-electron chi connectivity index (χ4n) is 3.30. The van der Waals surface area contributed by atoms with E-state index in [1.165, 1.54) is 6.07 Å². The summed E-state index contributed by atoms with van der Waals surface area (Å²) >= 11 is 3.44. The summed E-state index contributed by atoms with van der Waals surface area (Å²) in [7, 11) is -3.64. The lowest BCUT2D eigenvalue weighted by Gasteiger charge is -2.27. The minimum Gasteiger partial charge on any atom is -0.353 e. The number of carbonyl (C=O) groups excluding carboxylic acids is 1. The molecule has 0 aliphatic carbocycles. The van der Waals surface area contributed by atoms with Gasteiger partial charge in [0, 0.05) is 22.0 Å². The average Bonchev–Trinajstić information content (AvgIpc) is 2.95. The molecule has 0 bridgehead atoms. The largest absolute Gasteiger partial charge is 0.353 e. The van der Waals surface area contributed by atoms with Gasteiger partial charge < -0.3 is 5.32 Å². The molecule has 0 radical (unpaired) electrons. The van der Waals surface area contributed by atoms with Crippen LogP contribution < -0.4 is 10.0 Å². The molecule has 0 unspecified atom stereocenters. The first kappa shape index (κ1) is 22.5. The monoisotopic (exact) mass is 491 g/mol. The first-order valence-electron chi connectivity index (χ1n) is 9.75. The number of carbonyl (C=O) groups is 1. The second-order valence-electron chi connectivity index (χ2n) is 8.38. The summed E-state index contributed by atoms with van der Waals surface area (Å²) < 4.78 is 28.1. The van der Waals surface area contributed by atoms with Gasteiger partial charge in [-0.1, -0.05) is 67.9 Å². The minimum atomic E-state index is -3.64. The number of fused-ring (bicyclic) bond motifs is 1. The zero-order valence-corrected chi connectivity index (χ0v) is 19.8. The van der Waals surface area contributed by atoms with Crippen molar-refractivity contribution in [1.82, 2.24) is 10.0 Å². The molecule has 0 saturated carbocycles. The molecule has 1 aliphatic heterocycles. The third-order valence-electron chi connectivity index (χ3n) is 5.16. The van der Waals surface area contributed by atoms with Gasteiger partial charge in [0.1, 0.15) is 11.9 Å². The molecule has 2 aromatic carbocycles. The molecular formula is C22H26BrN3O3S. The Morgan fingerprint density at radius 2 is 1.77 bits per heavy atom. The van der Waals surface area contributed by atoms with E-state index >= 15 is 0 Å². The second-order valence-corrected chi connectivity index (χ2v) is 10.9. The Labute approximate surface area is 186 Å². The van der Waals surface area contributed by atoms with E-state index in [1.807, 2.05) is 38.1 Å². The Kier molecular flexibility index (Phi) is 6.38. The number of amides is 1. The van der Waals surface area contributed by atoms with Gasteiger partial charge in [-0.05, 0) is 35.7 Å². The lowest BCUT2D eigenvalue weighted by Crippen LogP contribution is -2.43. The van der Waals surface area contributed by atoms with Crippen molar-refractivity contribution in [3.05, 3.63) is 64.1 Å². The van der Waals surface area contributed by atoms with E-state index in [-0.39, 0.29) is 28.0 Å². The molecule has 30 heavy (non-hydrogen) atoms. The Bertz CT molecular complexity index is 1080. The van der Waals surface area contributed by atoms with Gasteiger partial charge in [0.05, 0.1) is 4.90 Å². The van der Waals surface area contributed by atoms with E-state index < -0.39 is 16.1 Å². The maximum atomic E-state index is 13.0. The van der Waals surface area contributed by atoms with Crippen LogP contribution in [0.25, 0.3) is 0 Å². The summed E-state index contributed by atoms with van der Waals surface area (Å²) in [6.07, 6.45) is 0. The lowest BCUT2D eigenvalue weighted by molar-refractivity contribution is -0.123. The quantitative estimate of drug-likeness (QED) is 0.646. The molecule has 1 atom stereocenters. The van der Waals surface area contributed by atoms with Gasteiger partial charge in [-0.2, -0.15) is 0 Å². The molecule has 2 aromatic rings. The number of halogens is 1. The van der Waals surface area contributed by atoms with Gasteiger partial charge in [0.25, 0.3) is 10.0 Å². The van der Waals surface area contributed by atoms with E-state index in [0.29, 0.717) is 12.1 Å². The number of rotatable bonds is 6. The van der Waals surface area contributed by atoms with Crippen molar-refractivity contribution in [3.8, 4) is 0 Å². The van der Waals surface area contributed by atoms with E-state index in [4.69, 9.17) is 0 Å². The minimum absolute atomic E-state index is 0.106. The van der Waals surface area contributed by atoms with Crippen LogP contribution in [-0.2, 0) is 20.2 Å². The molecule has 0 spiro atoms. The van der Waals surface area contributed by atoms with Crippen LogP contribution in [0.3, 0.4) is 0 Å². The van der Waals surface area contributed by atoms with Crippen molar-refractivity contribution >= 4 is 37.7 Å². The molecule has 8 heteroatoms. The molecule has 1 aliphatic rings. The number of hydrogen-bond acceptors (Lipinski definition) is 4. The third kappa shape index (κ3) is 4.75. The standard InChI is InChI=1S/C22H26BrN3O3S/c1-14(2)19(25-20-17-7-5-6-8-18(17)30(28,29)26-20)21(27)24-13-22(3,4)15-9-11-16(23)12-10-15/h5-12,14,19H,13H2,1-4H3,(H,24,27)(H,25,26)/t19-/m0/s1. The highest BCUT2D eigenvalue weighted by Crippen LogP contribution is 2.25. The SMILES string of the molecule is CC(C)[C@H](N=C1NS(=O)(=O)c2ccccc21)C(=O)NCC(C)(C)c1ccc(Br)cc1. The molecular weight excluding hydrogens is 466 g/mol. The normalized spacial score (nSPS) is 17.5. The van der Waals surface area contributed by atoms with E-state index in [0.717, 1.165) is 10.0 Å². The van der Waals surface area contributed by atoms with Crippen LogP contribution in [0.1, 0.15) is 38.8 Å². The fraction of sp³-hybridized carbons (Fsp3) is 0.364. The first-order chi connectivity index (χ1) is 14.0. The predicted octanol–water partition coefficient (Wildman–Crippen LogP) is 3.61. The van der Waals surface area contributed by atoms with Gasteiger partial charge in [0.15, 0.2) is 0 Å².